The molecule has 1 fully saturated rings. The highest BCUT2D eigenvalue weighted by Gasteiger charge is 2.24. The van der Waals surface area contributed by atoms with Crippen LogP contribution in [0, 0.1) is 15.9 Å². The summed E-state index contributed by atoms with van der Waals surface area (Å²) >= 11 is 0. The summed E-state index contributed by atoms with van der Waals surface area (Å²) in [7, 11) is 0. The molecular formula is C16H17FN4O2. The number of nitro groups is 1. The van der Waals surface area contributed by atoms with Crippen molar-refractivity contribution in [2.75, 3.05) is 31.1 Å². The summed E-state index contributed by atoms with van der Waals surface area (Å²) in [4.78, 5) is 19.1. The number of nitrogens with zero attached hydrogens (tertiary/aromatic N) is 4. The van der Waals surface area contributed by atoms with Gasteiger partial charge < -0.3 is 4.90 Å². The lowest BCUT2D eigenvalue weighted by molar-refractivity contribution is -0.384. The van der Waals surface area contributed by atoms with Gasteiger partial charge in [-0.05, 0) is 18.2 Å². The van der Waals surface area contributed by atoms with Crippen LogP contribution in [0.25, 0.3) is 0 Å². The SMILES string of the molecule is O=[N+]([O-])c1ccc(F)cc1N1CCN(Cc2ccccn2)CC1. The quantitative estimate of drug-likeness (QED) is 0.640. The van der Waals surface area contributed by atoms with E-state index in [1.165, 1.54) is 12.1 Å². The van der Waals surface area contributed by atoms with Gasteiger partial charge in [0.1, 0.15) is 11.5 Å². The lowest BCUT2D eigenvalue weighted by Crippen LogP contribution is -2.46. The van der Waals surface area contributed by atoms with E-state index in [0.717, 1.165) is 31.4 Å². The van der Waals surface area contributed by atoms with Crippen molar-refractivity contribution >= 4 is 11.4 Å². The number of halogens is 1. The third-order valence-electron chi connectivity index (χ3n) is 3.96. The highest BCUT2D eigenvalue weighted by molar-refractivity contribution is 5.63. The number of aromatic nitrogens is 1. The Kier molecular flexibility index (Phi) is 4.47. The van der Waals surface area contributed by atoms with E-state index in [-0.39, 0.29) is 5.69 Å². The molecule has 1 aromatic carbocycles. The van der Waals surface area contributed by atoms with E-state index < -0.39 is 10.7 Å². The summed E-state index contributed by atoms with van der Waals surface area (Å²) < 4.78 is 13.5. The monoisotopic (exact) mass is 316 g/mol. The first kappa shape index (κ1) is 15.4. The van der Waals surface area contributed by atoms with Crippen molar-refractivity contribution in [1.29, 1.82) is 0 Å². The van der Waals surface area contributed by atoms with Crippen molar-refractivity contribution < 1.29 is 9.31 Å². The number of hydrogen-bond donors (Lipinski definition) is 0. The van der Waals surface area contributed by atoms with Gasteiger partial charge in [-0.25, -0.2) is 4.39 Å². The number of anilines is 1. The second-order valence-electron chi connectivity index (χ2n) is 5.47. The lowest BCUT2D eigenvalue weighted by Gasteiger charge is -2.35. The summed E-state index contributed by atoms with van der Waals surface area (Å²) in [5, 5.41) is 11.1. The smallest absolute Gasteiger partial charge is 0.292 e. The fourth-order valence-corrected chi connectivity index (χ4v) is 2.77. The zero-order chi connectivity index (χ0) is 16.2. The molecule has 0 atom stereocenters. The van der Waals surface area contributed by atoms with Crippen molar-refractivity contribution in [3.63, 3.8) is 0 Å². The molecule has 0 N–H and O–H groups in total. The van der Waals surface area contributed by atoms with Gasteiger partial charge in [-0.3, -0.25) is 20.0 Å². The van der Waals surface area contributed by atoms with Gasteiger partial charge >= 0.3 is 0 Å². The number of rotatable bonds is 4. The molecule has 0 unspecified atom stereocenters. The van der Waals surface area contributed by atoms with Gasteiger partial charge in [-0.1, -0.05) is 6.07 Å². The first-order valence-electron chi connectivity index (χ1n) is 7.44. The fourth-order valence-electron chi connectivity index (χ4n) is 2.77. The summed E-state index contributed by atoms with van der Waals surface area (Å²) in [6.07, 6.45) is 1.77. The zero-order valence-electron chi connectivity index (χ0n) is 12.6. The average molecular weight is 316 g/mol. The Balaban J connectivity index is 1.67. The second-order valence-corrected chi connectivity index (χ2v) is 5.47. The molecule has 1 saturated heterocycles. The minimum atomic E-state index is -0.463. The fraction of sp³-hybridized carbons (Fsp3) is 0.312. The maximum Gasteiger partial charge on any atom is 0.292 e. The van der Waals surface area contributed by atoms with Crippen LogP contribution >= 0.6 is 0 Å². The van der Waals surface area contributed by atoms with Crippen LogP contribution < -0.4 is 4.90 Å². The van der Waals surface area contributed by atoms with E-state index in [2.05, 4.69) is 9.88 Å². The molecule has 2 aromatic rings. The highest BCUT2D eigenvalue weighted by Crippen LogP contribution is 2.29. The zero-order valence-corrected chi connectivity index (χ0v) is 12.6. The molecule has 0 saturated carbocycles. The van der Waals surface area contributed by atoms with Crippen molar-refractivity contribution in [2.45, 2.75) is 6.54 Å². The Labute approximate surface area is 133 Å². The molecule has 1 aliphatic heterocycles. The molecule has 1 aliphatic rings. The van der Waals surface area contributed by atoms with Crippen LogP contribution in [0.15, 0.2) is 42.6 Å². The van der Waals surface area contributed by atoms with Crippen LogP contribution in [0.5, 0.6) is 0 Å². The topological polar surface area (TPSA) is 62.5 Å². The van der Waals surface area contributed by atoms with Gasteiger partial charge in [0.05, 0.1) is 10.6 Å². The van der Waals surface area contributed by atoms with Crippen molar-refractivity contribution in [2.24, 2.45) is 0 Å². The molecule has 23 heavy (non-hydrogen) atoms. The first-order chi connectivity index (χ1) is 11.1. The number of hydrogen-bond acceptors (Lipinski definition) is 5. The number of benzene rings is 1. The standard InChI is InChI=1S/C16H17FN4O2/c17-13-4-5-15(21(22)23)16(11-13)20-9-7-19(8-10-20)12-14-3-1-2-6-18-14/h1-6,11H,7-10,12H2. The van der Waals surface area contributed by atoms with Gasteiger partial charge in [0, 0.05) is 51.1 Å². The van der Waals surface area contributed by atoms with Gasteiger partial charge in [-0.2, -0.15) is 0 Å². The van der Waals surface area contributed by atoms with E-state index in [1.54, 1.807) is 6.20 Å². The Morgan fingerprint density at radius 2 is 1.96 bits per heavy atom. The largest absolute Gasteiger partial charge is 0.363 e. The Hall–Kier alpha value is -2.54. The van der Waals surface area contributed by atoms with Gasteiger partial charge in [-0.15, -0.1) is 0 Å². The van der Waals surface area contributed by atoms with E-state index in [1.807, 2.05) is 23.1 Å². The summed E-state index contributed by atoms with van der Waals surface area (Å²) in [5.74, 6) is -0.457. The molecule has 7 heteroatoms. The van der Waals surface area contributed by atoms with Crippen LogP contribution in [0.4, 0.5) is 15.8 Å². The second kappa shape index (κ2) is 6.70. The normalized spacial score (nSPS) is 15.6. The summed E-state index contributed by atoms with van der Waals surface area (Å²) in [6.45, 7) is 3.50. The van der Waals surface area contributed by atoms with Gasteiger partial charge in [0.2, 0.25) is 0 Å². The van der Waals surface area contributed by atoms with Crippen molar-refractivity contribution in [3.05, 3.63) is 64.2 Å². The predicted octanol–water partition coefficient (Wildman–Crippen LogP) is 2.45. The molecule has 0 aliphatic carbocycles. The molecule has 0 amide bonds. The minimum Gasteiger partial charge on any atom is -0.363 e. The predicted molar refractivity (Wildman–Crippen MR) is 84.8 cm³/mol. The molecule has 3 rings (SSSR count). The summed E-state index contributed by atoms with van der Waals surface area (Å²) in [5.41, 5.74) is 1.30. The van der Waals surface area contributed by atoms with E-state index in [9.17, 15) is 14.5 Å². The minimum absolute atomic E-state index is 0.0513. The van der Waals surface area contributed by atoms with E-state index >= 15 is 0 Å². The van der Waals surface area contributed by atoms with Crippen LogP contribution in [-0.2, 0) is 6.54 Å². The van der Waals surface area contributed by atoms with Crippen LogP contribution in [0.3, 0.4) is 0 Å². The third kappa shape index (κ3) is 3.62. The molecule has 120 valence electrons. The molecule has 0 radical (unpaired) electrons. The first-order valence-corrected chi connectivity index (χ1v) is 7.44. The van der Waals surface area contributed by atoms with Crippen LogP contribution in [-0.4, -0.2) is 41.0 Å². The van der Waals surface area contributed by atoms with Crippen LogP contribution in [0.1, 0.15) is 5.69 Å². The number of nitro benzene ring substituents is 1. The molecule has 6 nitrogen and oxygen atoms in total. The maximum atomic E-state index is 13.5. The average Bonchev–Trinajstić information content (AvgIpc) is 2.56. The lowest BCUT2D eigenvalue weighted by atomic mass is 10.2. The van der Waals surface area contributed by atoms with E-state index in [0.29, 0.717) is 18.8 Å². The van der Waals surface area contributed by atoms with Crippen molar-refractivity contribution in [3.8, 4) is 0 Å². The molecule has 0 spiro atoms. The van der Waals surface area contributed by atoms with Gasteiger partial charge in [0.15, 0.2) is 0 Å². The van der Waals surface area contributed by atoms with Crippen molar-refractivity contribution in [1.82, 2.24) is 9.88 Å². The maximum absolute atomic E-state index is 13.5. The Morgan fingerprint density at radius 3 is 2.61 bits per heavy atom. The molecule has 2 heterocycles. The Bertz CT molecular complexity index is 688. The number of pyridine rings is 1. The van der Waals surface area contributed by atoms with E-state index in [4.69, 9.17) is 0 Å². The van der Waals surface area contributed by atoms with Crippen LogP contribution in [0.2, 0.25) is 0 Å². The molecular weight excluding hydrogens is 299 g/mol. The van der Waals surface area contributed by atoms with Gasteiger partial charge in [0.25, 0.3) is 5.69 Å². The third-order valence-corrected chi connectivity index (χ3v) is 3.96. The summed E-state index contributed by atoms with van der Waals surface area (Å²) in [6, 6.07) is 9.40. The highest BCUT2D eigenvalue weighted by atomic mass is 19.1. The molecule has 0 bridgehead atoms. The Morgan fingerprint density at radius 1 is 1.17 bits per heavy atom. The molecule has 1 aromatic heterocycles. The number of piperazine rings is 1.